The molecule has 1 aromatic rings. The molecule has 0 atom stereocenters. The number of rotatable bonds is 6. The first kappa shape index (κ1) is 15.3. The molecule has 112 valence electrons. The van der Waals surface area contributed by atoms with Crippen LogP contribution in [0.3, 0.4) is 0 Å². The number of para-hydroxylation sites is 1. The summed E-state index contributed by atoms with van der Waals surface area (Å²) in [4.78, 5) is 2.62. The fraction of sp³-hybridized carbons (Fsp3) is 0.647. The van der Waals surface area contributed by atoms with Crippen LogP contribution in [0.15, 0.2) is 30.3 Å². The van der Waals surface area contributed by atoms with Crippen molar-refractivity contribution in [2.75, 3.05) is 32.8 Å². The molecule has 3 heteroatoms. The largest absolute Gasteiger partial charge is 0.494 e. The number of hydrogen-bond acceptors (Lipinski definition) is 3. The van der Waals surface area contributed by atoms with E-state index < -0.39 is 0 Å². The van der Waals surface area contributed by atoms with Crippen LogP contribution in [0.2, 0.25) is 0 Å². The number of unbranched alkanes of at least 4 members (excludes halogenated alkanes) is 1. The van der Waals surface area contributed by atoms with Crippen molar-refractivity contribution < 1.29 is 4.74 Å². The van der Waals surface area contributed by atoms with Crippen LogP contribution in [-0.4, -0.2) is 43.2 Å². The standard InChI is InChI=1S/C17H28N2O/c1-17(2)15-18-11-8-13-19(17)12-6-7-14-20-16-9-4-3-5-10-16/h3-5,9-10,18H,6-8,11-15H2,1-2H3. The molecule has 1 aliphatic heterocycles. The van der Waals surface area contributed by atoms with Gasteiger partial charge in [0.15, 0.2) is 0 Å². The zero-order valence-electron chi connectivity index (χ0n) is 12.9. The Morgan fingerprint density at radius 3 is 2.80 bits per heavy atom. The van der Waals surface area contributed by atoms with Crippen molar-refractivity contribution >= 4 is 0 Å². The maximum Gasteiger partial charge on any atom is 0.119 e. The summed E-state index contributed by atoms with van der Waals surface area (Å²) in [5.74, 6) is 0.979. The van der Waals surface area contributed by atoms with Gasteiger partial charge >= 0.3 is 0 Å². The van der Waals surface area contributed by atoms with Gasteiger partial charge in [0.25, 0.3) is 0 Å². The Bertz CT molecular complexity index is 378. The van der Waals surface area contributed by atoms with Crippen molar-refractivity contribution in [1.82, 2.24) is 10.2 Å². The number of nitrogens with zero attached hydrogens (tertiary/aromatic N) is 1. The minimum Gasteiger partial charge on any atom is -0.494 e. The summed E-state index contributed by atoms with van der Waals surface area (Å²) in [5, 5.41) is 3.52. The van der Waals surface area contributed by atoms with Crippen LogP contribution >= 0.6 is 0 Å². The molecular weight excluding hydrogens is 248 g/mol. The fourth-order valence-corrected chi connectivity index (χ4v) is 2.73. The van der Waals surface area contributed by atoms with Crippen molar-refractivity contribution in [3.8, 4) is 5.75 Å². The van der Waals surface area contributed by atoms with Gasteiger partial charge in [-0.1, -0.05) is 18.2 Å². The molecule has 1 aromatic carbocycles. The van der Waals surface area contributed by atoms with Gasteiger partial charge in [-0.2, -0.15) is 0 Å². The van der Waals surface area contributed by atoms with Crippen molar-refractivity contribution in [1.29, 1.82) is 0 Å². The first-order chi connectivity index (χ1) is 9.68. The Hall–Kier alpha value is -1.06. The highest BCUT2D eigenvalue weighted by molar-refractivity contribution is 5.20. The van der Waals surface area contributed by atoms with E-state index in [1.165, 1.54) is 25.9 Å². The molecule has 0 aliphatic carbocycles. The van der Waals surface area contributed by atoms with Crippen molar-refractivity contribution in [2.45, 2.75) is 38.6 Å². The highest BCUT2D eigenvalue weighted by Gasteiger charge is 2.27. The van der Waals surface area contributed by atoms with Gasteiger partial charge in [0.1, 0.15) is 5.75 Å². The van der Waals surface area contributed by atoms with Gasteiger partial charge in [0.2, 0.25) is 0 Å². The Balaban J connectivity index is 1.65. The van der Waals surface area contributed by atoms with Gasteiger partial charge in [-0.05, 0) is 64.9 Å². The van der Waals surface area contributed by atoms with Crippen LogP contribution in [-0.2, 0) is 0 Å². The minimum atomic E-state index is 0.275. The normalized spacial score (nSPS) is 19.5. The van der Waals surface area contributed by atoms with Crippen molar-refractivity contribution in [3.63, 3.8) is 0 Å². The van der Waals surface area contributed by atoms with E-state index in [-0.39, 0.29) is 5.54 Å². The quantitative estimate of drug-likeness (QED) is 0.809. The molecule has 1 fully saturated rings. The monoisotopic (exact) mass is 276 g/mol. The molecule has 0 spiro atoms. The van der Waals surface area contributed by atoms with Crippen LogP contribution in [0.1, 0.15) is 33.1 Å². The molecule has 0 aromatic heterocycles. The molecule has 2 rings (SSSR count). The highest BCUT2D eigenvalue weighted by atomic mass is 16.5. The van der Waals surface area contributed by atoms with Gasteiger partial charge in [0.05, 0.1) is 6.61 Å². The first-order valence-corrected chi connectivity index (χ1v) is 7.82. The zero-order valence-corrected chi connectivity index (χ0v) is 12.9. The Kier molecular flexibility index (Phi) is 5.86. The molecule has 1 heterocycles. The molecule has 0 bridgehead atoms. The first-order valence-electron chi connectivity index (χ1n) is 7.82. The summed E-state index contributed by atoms with van der Waals surface area (Å²) in [7, 11) is 0. The number of ether oxygens (including phenoxy) is 1. The molecule has 1 aliphatic rings. The summed E-state index contributed by atoms with van der Waals surface area (Å²) in [6, 6.07) is 10.1. The Labute approximate surface area is 123 Å². The van der Waals surface area contributed by atoms with Crippen LogP contribution in [0.5, 0.6) is 5.75 Å². The number of hydrogen-bond donors (Lipinski definition) is 1. The maximum atomic E-state index is 5.74. The summed E-state index contributed by atoms with van der Waals surface area (Å²) in [6.45, 7) is 10.1. The maximum absolute atomic E-state index is 5.74. The van der Waals surface area contributed by atoms with Crippen LogP contribution in [0.4, 0.5) is 0 Å². The lowest BCUT2D eigenvalue weighted by Gasteiger charge is -2.37. The molecule has 3 nitrogen and oxygen atoms in total. The topological polar surface area (TPSA) is 24.5 Å². The van der Waals surface area contributed by atoms with Gasteiger partial charge in [0, 0.05) is 12.1 Å². The Morgan fingerprint density at radius 1 is 1.20 bits per heavy atom. The molecule has 20 heavy (non-hydrogen) atoms. The predicted molar refractivity (Wildman–Crippen MR) is 84.3 cm³/mol. The second-order valence-electron chi connectivity index (χ2n) is 6.20. The van der Waals surface area contributed by atoms with Gasteiger partial charge in [-0.3, -0.25) is 4.90 Å². The predicted octanol–water partition coefficient (Wildman–Crippen LogP) is 2.92. The lowest BCUT2D eigenvalue weighted by Crippen LogP contribution is -2.48. The highest BCUT2D eigenvalue weighted by Crippen LogP contribution is 2.17. The average molecular weight is 276 g/mol. The van der Waals surface area contributed by atoms with Crippen LogP contribution in [0, 0.1) is 0 Å². The zero-order chi connectivity index (χ0) is 14.3. The minimum absolute atomic E-state index is 0.275. The smallest absolute Gasteiger partial charge is 0.119 e. The van der Waals surface area contributed by atoms with E-state index in [1.807, 2.05) is 30.3 Å². The van der Waals surface area contributed by atoms with Crippen LogP contribution < -0.4 is 10.1 Å². The van der Waals surface area contributed by atoms with E-state index in [9.17, 15) is 0 Å². The third kappa shape index (κ3) is 4.80. The third-order valence-electron chi connectivity index (χ3n) is 4.03. The summed E-state index contributed by atoms with van der Waals surface area (Å²) in [6.07, 6.45) is 3.58. The van der Waals surface area contributed by atoms with Gasteiger partial charge < -0.3 is 10.1 Å². The summed E-state index contributed by atoms with van der Waals surface area (Å²) >= 11 is 0. The van der Waals surface area contributed by atoms with E-state index in [1.54, 1.807) is 0 Å². The fourth-order valence-electron chi connectivity index (χ4n) is 2.73. The van der Waals surface area contributed by atoms with E-state index in [2.05, 4.69) is 24.1 Å². The molecular formula is C17H28N2O. The van der Waals surface area contributed by atoms with Crippen molar-refractivity contribution in [3.05, 3.63) is 30.3 Å². The molecule has 0 amide bonds. The molecule has 1 saturated heterocycles. The Morgan fingerprint density at radius 2 is 2.00 bits per heavy atom. The average Bonchev–Trinajstić information content (AvgIpc) is 2.61. The van der Waals surface area contributed by atoms with E-state index in [4.69, 9.17) is 4.74 Å². The number of nitrogens with one attached hydrogen (secondary N) is 1. The SMILES string of the molecule is CC1(C)CNCCCN1CCCCOc1ccccc1. The van der Waals surface area contributed by atoms with Gasteiger partial charge in [-0.25, -0.2) is 0 Å². The van der Waals surface area contributed by atoms with Gasteiger partial charge in [-0.15, -0.1) is 0 Å². The van der Waals surface area contributed by atoms with E-state index in [0.29, 0.717) is 0 Å². The van der Waals surface area contributed by atoms with E-state index >= 15 is 0 Å². The van der Waals surface area contributed by atoms with E-state index in [0.717, 1.165) is 31.9 Å². The lowest BCUT2D eigenvalue weighted by molar-refractivity contribution is 0.128. The second-order valence-corrected chi connectivity index (χ2v) is 6.20. The summed E-state index contributed by atoms with van der Waals surface area (Å²) < 4.78 is 5.74. The number of benzene rings is 1. The second kappa shape index (κ2) is 7.65. The third-order valence-corrected chi connectivity index (χ3v) is 4.03. The summed E-state index contributed by atoms with van der Waals surface area (Å²) in [5.41, 5.74) is 0.275. The molecule has 1 N–H and O–H groups in total. The molecule has 0 radical (unpaired) electrons. The van der Waals surface area contributed by atoms with Crippen molar-refractivity contribution in [2.24, 2.45) is 0 Å². The van der Waals surface area contributed by atoms with Crippen LogP contribution in [0.25, 0.3) is 0 Å². The molecule has 0 unspecified atom stereocenters. The lowest BCUT2D eigenvalue weighted by atomic mass is 10.0. The molecule has 0 saturated carbocycles.